The van der Waals surface area contributed by atoms with Gasteiger partial charge in [0.15, 0.2) is 5.78 Å². The number of rotatable bonds is 3. The molecule has 4 heterocycles. The summed E-state index contributed by atoms with van der Waals surface area (Å²) in [6.07, 6.45) is 10.8. The lowest BCUT2D eigenvalue weighted by Crippen LogP contribution is -2.38. The summed E-state index contributed by atoms with van der Waals surface area (Å²) in [5, 5.41) is 21.7. The van der Waals surface area contributed by atoms with Gasteiger partial charge in [-0.15, -0.1) is 0 Å². The number of nitrogens with zero attached hydrogens (tertiary/aromatic N) is 3. The van der Waals surface area contributed by atoms with Crippen LogP contribution in [-0.2, 0) is 5.41 Å². The van der Waals surface area contributed by atoms with Crippen molar-refractivity contribution in [1.29, 1.82) is 5.26 Å². The molecule has 18 rings (SSSR count). The molecule has 8 aromatic carbocycles. The van der Waals surface area contributed by atoms with Gasteiger partial charge in [-0.25, -0.2) is 0 Å². The van der Waals surface area contributed by atoms with Crippen LogP contribution < -0.4 is 0 Å². The molecule has 0 spiro atoms. The highest BCUT2D eigenvalue weighted by Gasteiger charge is 2.43. The molecule has 376 valence electrons. The van der Waals surface area contributed by atoms with Gasteiger partial charge in [-0.2, -0.15) is 5.26 Å². The molecular formula is C73H63N3O. The van der Waals surface area contributed by atoms with Crippen LogP contribution in [0, 0.1) is 55.8 Å². The van der Waals surface area contributed by atoms with Crippen molar-refractivity contribution in [3.05, 3.63) is 188 Å². The molecule has 4 atom stereocenters. The number of carbonyl (C=O) groups is 1. The van der Waals surface area contributed by atoms with E-state index < -0.39 is 0 Å². The van der Waals surface area contributed by atoms with E-state index in [-0.39, 0.29) is 23.2 Å². The third-order valence-corrected chi connectivity index (χ3v) is 21.3. The van der Waals surface area contributed by atoms with Crippen molar-refractivity contribution in [2.24, 2.45) is 23.7 Å². The Bertz CT molecular complexity index is 4600. The van der Waals surface area contributed by atoms with Crippen LogP contribution >= 0.6 is 0 Å². The highest BCUT2D eigenvalue weighted by Crippen LogP contribution is 2.57. The molecule has 4 heteroatoms. The quantitative estimate of drug-likeness (QED) is 0.177. The molecule has 77 heavy (non-hydrogen) atoms. The lowest BCUT2D eigenvalue weighted by atomic mass is 9.57. The van der Waals surface area contributed by atoms with E-state index in [2.05, 4.69) is 178 Å². The molecule has 4 nitrogen and oxygen atoms in total. The van der Waals surface area contributed by atoms with Crippen molar-refractivity contribution in [3.8, 4) is 17.2 Å². The third-order valence-electron chi connectivity index (χ3n) is 21.3. The van der Waals surface area contributed by atoms with E-state index in [1.165, 1.54) is 164 Å². The minimum Gasteiger partial charge on any atom is -0.308 e. The summed E-state index contributed by atoms with van der Waals surface area (Å²) < 4.78 is 5.14. The van der Waals surface area contributed by atoms with E-state index in [9.17, 15) is 10.1 Å². The van der Waals surface area contributed by atoms with Crippen molar-refractivity contribution < 1.29 is 4.79 Å². The first-order chi connectivity index (χ1) is 37.4. The molecule has 12 aromatic rings. The number of benzene rings is 8. The standard InChI is InChI=1S/C73H63N3O/c1-37-20-39(3)65(40(4)21-37)47-25-56-54-31-61-55(32-62(54)76-64-27-48(36-74)68-66(69(64)60(26-47)71(56)76)41(5)50-14-10-11-15-51(50)67(68)45-12-8-7-9-13-45)58-29-49(73(6)34-42-22-38(2)23-43(24-42)35-73)28-57-53-30-52-44-16-18-46(19-17-44)72(77)59(52)33-63(53)75(61)70(57)58/h7-15,20-21,25-33,38,41-44,46,67H,16-19,22-24,34-35H2,1-6H3. The largest absolute Gasteiger partial charge is 0.308 e. The summed E-state index contributed by atoms with van der Waals surface area (Å²) in [5.41, 5.74) is 24.4. The summed E-state index contributed by atoms with van der Waals surface area (Å²) >= 11 is 0. The van der Waals surface area contributed by atoms with E-state index in [0.717, 1.165) is 65.6 Å². The van der Waals surface area contributed by atoms with E-state index >= 15 is 0 Å². The van der Waals surface area contributed by atoms with Gasteiger partial charge in [-0.3, -0.25) is 4.79 Å². The van der Waals surface area contributed by atoms with Crippen molar-refractivity contribution in [1.82, 2.24) is 8.80 Å². The van der Waals surface area contributed by atoms with Gasteiger partial charge in [0.25, 0.3) is 0 Å². The molecule has 6 aliphatic carbocycles. The molecule has 0 aliphatic heterocycles. The highest BCUT2D eigenvalue weighted by atomic mass is 16.1. The second kappa shape index (κ2) is 15.4. The number of hydrogen-bond acceptors (Lipinski definition) is 2. The van der Waals surface area contributed by atoms with Crippen molar-refractivity contribution in [2.45, 2.75) is 122 Å². The third kappa shape index (κ3) is 5.86. The predicted octanol–water partition coefficient (Wildman–Crippen LogP) is 18.7. The SMILES string of the molecule is Cc1cc(C)c(-c2cc3c4cc5c(cc4n4c6cc(C#N)c7c(c6c(c2)c34)C(C)c2ccccc2C7c2ccccc2)c2cc(C3(C)CC4CC(C)CC(C4)C3)cc3c4cc6c(cc4n5c32)C(=O)C2CCC6CC2)c(C)c1. The van der Waals surface area contributed by atoms with Crippen LogP contribution in [0.2, 0.25) is 0 Å². The van der Waals surface area contributed by atoms with Crippen molar-refractivity contribution in [3.63, 3.8) is 0 Å². The van der Waals surface area contributed by atoms with Gasteiger partial charge in [0.05, 0.1) is 44.7 Å². The summed E-state index contributed by atoms with van der Waals surface area (Å²) in [6.45, 7) is 14.2. The van der Waals surface area contributed by atoms with Crippen LogP contribution in [0.1, 0.15) is 168 Å². The molecule has 0 saturated heterocycles. The van der Waals surface area contributed by atoms with E-state index in [0.29, 0.717) is 11.7 Å². The summed E-state index contributed by atoms with van der Waals surface area (Å²) in [4.78, 5) is 14.6. The van der Waals surface area contributed by atoms with Gasteiger partial charge in [0, 0.05) is 66.4 Å². The Labute approximate surface area is 450 Å². The molecule has 3 saturated carbocycles. The minimum absolute atomic E-state index is 0.0566. The van der Waals surface area contributed by atoms with E-state index in [4.69, 9.17) is 0 Å². The fourth-order valence-corrected chi connectivity index (χ4v) is 18.6. The summed E-state index contributed by atoms with van der Waals surface area (Å²) in [6, 6.07) is 49.8. The maximum absolute atomic E-state index is 14.6. The second-order valence-electron chi connectivity index (χ2n) is 26.0. The van der Waals surface area contributed by atoms with Gasteiger partial charge in [-0.05, 0) is 223 Å². The second-order valence-corrected chi connectivity index (χ2v) is 26.0. The minimum atomic E-state index is -0.0764. The topological polar surface area (TPSA) is 49.7 Å². The Morgan fingerprint density at radius 2 is 1.16 bits per heavy atom. The lowest BCUT2D eigenvalue weighted by molar-refractivity contribution is 0.0895. The van der Waals surface area contributed by atoms with Gasteiger partial charge in [-0.1, -0.05) is 93.1 Å². The molecular weight excluding hydrogens is 935 g/mol. The van der Waals surface area contributed by atoms with Gasteiger partial charge in [0.1, 0.15) is 0 Å². The number of ketones is 1. The van der Waals surface area contributed by atoms with Crippen molar-refractivity contribution in [2.75, 3.05) is 0 Å². The van der Waals surface area contributed by atoms with Crippen LogP contribution in [0.3, 0.4) is 0 Å². The number of Topliss-reactive ketones (excluding diaryl/α,β-unsaturated/α-hetero) is 1. The number of hydrogen-bond donors (Lipinski definition) is 0. The van der Waals surface area contributed by atoms with Gasteiger partial charge in [0.2, 0.25) is 0 Å². The predicted molar refractivity (Wildman–Crippen MR) is 317 cm³/mol. The van der Waals surface area contributed by atoms with E-state index in [1.807, 2.05) is 0 Å². The molecule has 0 amide bonds. The fourth-order valence-electron chi connectivity index (χ4n) is 18.6. The average molecular weight is 998 g/mol. The Hall–Kier alpha value is -7.48. The Balaban J connectivity index is 1.03. The average Bonchev–Trinajstić information content (AvgIpc) is 4.26. The maximum Gasteiger partial charge on any atom is 0.166 e. The number of nitriles is 1. The molecule has 0 radical (unpaired) electrons. The molecule has 6 aliphatic rings. The zero-order valence-electron chi connectivity index (χ0n) is 45.2. The van der Waals surface area contributed by atoms with Crippen LogP contribution in [0.4, 0.5) is 0 Å². The zero-order chi connectivity index (χ0) is 51.7. The smallest absolute Gasteiger partial charge is 0.166 e. The molecule has 4 unspecified atom stereocenters. The monoisotopic (exact) mass is 997 g/mol. The fraction of sp³-hybridized carbons (Fsp3) is 0.315. The lowest BCUT2D eigenvalue weighted by Gasteiger charge is -2.47. The van der Waals surface area contributed by atoms with Crippen LogP contribution in [-0.4, -0.2) is 14.6 Å². The van der Waals surface area contributed by atoms with Crippen LogP contribution in [0.15, 0.2) is 121 Å². The molecule has 0 N–H and O–H groups in total. The maximum atomic E-state index is 14.6. The first-order valence-corrected chi connectivity index (χ1v) is 29.1. The molecule has 3 fully saturated rings. The number of fused-ring (bicyclic) bond motifs is 19. The van der Waals surface area contributed by atoms with Gasteiger partial charge >= 0.3 is 0 Å². The number of aromatic nitrogens is 2. The zero-order valence-corrected chi connectivity index (χ0v) is 45.2. The normalized spacial score (nSPS) is 25.0. The molecule has 4 bridgehead atoms. The first kappa shape index (κ1) is 44.6. The summed E-state index contributed by atoms with van der Waals surface area (Å²) in [5.74, 6) is 3.27. The number of carbonyl (C=O) groups excluding carboxylic acids is 1. The number of aryl methyl sites for hydroxylation is 3. The Kier molecular flexibility index (Phi) is 8.91. The molecule has 4 aromatic heterocycles. The van der Waals surface area contributed by atoms with Crippen LogP contribution in [0.25, 0.3) is 87.3 Å². The van der Waals surface area contributed by atoms with Crippen molar-refractivity contribution >= 4 is 82.0 Å². The van der Waals surface area contributed by atoms with Gasteiger partial charge < -0.3 is 8.80 Å². The Morgan fingerprint density at radius 3 is 1.84 bits per heavy atom. The Morgan fingerprint density at radius 1 is 0.571 bits per heavy atom. The van der Waals surface area contributed by atoms with E-state index in [1.54, 1.807) is 0 Å². The van der Waals surface area contributed by atoms with Crippen LogP contribution in [0.5, 0.6) is 0 Å². The summed E-state index contributed by atoms with van der Waals surface area (Å²) in [7, 11) is 0. The highest BCUT2D eigenvalue weighted by molar-refractivity contribution is 6.30. The first-order valence-electron chi connectivity index (χ1n) is 29.1.